The third-order valence-electron chi connectivity index (χ3n) is 2.00. The summed E-state index contributed by atoms with van der Waals surface area (Å²) in [7, 11) is 0. The molecule has 0 N–H and O–H groups in total. The molecule has 0 unspecified atom stereocenters. The van der Waals surface area contributed by atoms with Crippen molar-refractivity contribution in [2.45, 2.75) is 6.61 Å². The zero-order chi connectivity index (χ0) is 11.4. The smallest absolute Gasteiger partial charge is 0.150 e. The number of halogens is 1. The number of ether oxygens (including phenoxy) is 1. The highest BCUT2D eigenvalue weighted by atomic mass is 79.9. The number of benzene rings is 1. The quantitative estimate of drug-likeness (QED) is 0.800. The summed E-state index contributed by atoms with van der Waals surface area (Å²) in [4.78, 5) is 11.7. The number of hydrogen-bond donors (Lipinski definition) is 0. The van der Waals surface area contributed by atoms with E-state index in [2.05, 4.69) is 15.9 Å². The van der Waals surface area contributed by atoms with Gasteiger partial charge in [0.2, 0.25) is 0 Å². The molecule has 2 rings (SSSR count). The van der Waals surface area contributed by atoms with Crippen LogP contribution in [0.1, 0.15) is 15.2 Å². The molecule has 0 amide bonds. The molecule has 0 bridgehead atoms. The van der Waals surface area contributed by atoms with E-state index >= 15 is 0 Å². The molecule has 0 radical (unpaired) electrons. The molecule has 1 aromatic carbocycles. The summed E-state index contributed by atoms with van der Waals surface area (Å²) >= 11 is 5.03. The molecule has 0 aliphatic heterocycles. The van der Waals surface area contributed by atoms with E-state index in [1.807, 2.05) is 23.6 Å². The number of aldehydes is 1. The Labute approximate surface area is 106 Å². The van der Waals surface area contributed by atoms with Crippen molar-refractivity contribution < 1.29 is 9.53 Å². The molecule has 0 aliphatic rings. The lowest BCUT2D eigenvalue weighted by molar-refractivity contribution is 0.112. The second kappa shape index (κ2) is 5.27. The van der Waals surface area contributed by atoms with Crippen molar-refractivity contribution in [2.24, 2.45) is 0 Å². The van der Waals surface area contributed by atoms with Gasteiger partial charge in [-0.15, -0.1) is 11.3 Å². The van der Waals surface area contributed by atoms with Gasteiger partial charge in [-0.1, -0.05) is 12.1 Å². The molecule has 1 aromatic heterocycles. The van der Waals surface area contributed by atoms with Crippen LogP contribution in [0.2, 0.25) is 0 Å². The third kappa shape index (κ3) is 2.93. The van der Waals surface area contributed by atoms with Gasteiger partial charge in [-0.25, -0.2) is 0 Å². The van der Waals surface area contributed by atoms with E-state index in [-0.39, 0.29) is 0 Å². The average Bonchev–Trinajstić information content (AvgIpc) is 2.73. The molecule has 0 saturated heterocycles. The molecular formula is C12H9BrO2S. The summed E-state index contributed by atoms with van der Waals surface area (Å²) in [5.41, 5.74) is 0.630. The number of carbonyl (C=O) groups excluding carboxylic acids is 1. The molecule has 2 nitrogen and oxygen atoms in total. The highest BCUT2D eigenvalue weighted by Gasteiger charge is 2.00. The second-order valence-electron chi connectivity index (χ2n) is 3.21. The van der Waals surface area contributed by atoms with Gasteiger partial charge >= 0.3 is 0 Å². The third-order valence-corrected chi connectivity index (χ3v) is 3.67. The first-order valence-electron chi connectivity index (χ1n) is 4.69. The lowest BCUT2D eigenvalue weighted by atomic mass is 10.2. The molecule has 4 heteroatoms. The summed E-state index contributed by atoms with van der Waals surface area (Å²) in [6, 6.07) is 9.16. The fourth-order valence-electron chi connectivity index (χ4n) is 1.26. The largest absolute Gasteiger partial charge is 0.488 e. The zero-order valence-electron chi connectivity index (χ0n) is 8.35. The Bertz CT molecular complexity index is 493. The van der Waals surface area contributed by atoms with Gasteiger partial charge in [0.25, 0.3) is 0 Å². The second-order valence-corrected chi connectivity index (χ2v) is 5.12. The van der Waals surface area contributed by atoms with Crippen LogP contribution in [0.3, 0.4) is 0 Å². The highest BCUT2D eigenvalue weighted by molar-refractivity contribution is 9.10. The van der Waals surface area contributed by atoms with Gasteiger partial charge < -0.3 is 4.74 Å². The van der Waals surface area contributed by atoms with Gasteiger partial charge in [-0.3, -0.25) is 4.79 Å². The summed E-state index contributed by atoms with van der Waals surface area (Å²) in [5, 5.41) is 2.01. The Morgan fingerprint density at radius 1 is 1.38 bits per heavy atom. The van der Waals surface area contributed by atoms with Crippen LogP contribution in [0.15, 0.2) is 40.2 Å². The normalized spacial score (nSPS) is 10.1. The number of thiophene rings is 1. The predicted octanol–water partition coefficient (Wildman–Crippen LogP) is 3.90. The molecule has 2 aromatic rings. The Morgan fingerprint density at radius 2 is 2.25 bits per heavy atom. The van der Waals surface area contributed by atoms with Crippen LogP contribution >= 0.6 is 27.3 Å². The lowest BCUT2D eigenvalue weighted by Gasteiger charge is -2.04. The van der Waals surface area contributed by atoms with Crippen LogP contribution in [0, 0.1) is 0 Å². The molecule has 0 aliphatic carbocycles. The van der Waals surface area contributed by atoms with Crippen molar-refractivity contribution in [3.63, 3.8) is 0 Å². The fraction of sp³-hybridized carbons (Fsp3) is 0.0833. The highest BCUT2D eigenvalue weighted by Crippen LogP contribution is 2.21. The van der Waals surface area contributed by atoms with E-state index in [4.69, 9.17) is 4.74 Å². The van der Waals surface area contributed by atoms with E-state index in [0.717, 1.165) is 15.6 Å². The van der Waals surface area contributed by atoms with E-state index in [1.54, 1.807) is 23.5 Å². The van der Waals surface area contributed by atoms with Crippen LogP contribution in [-0.2, 0) is 6.61 Å². The maximum Gasteiger partial charge on any atom is 0.150 e. The summed E-state index contributed by atoms with van der Waals surface area (Å²) in [5.74, 6) is 0.717. The van der Waals surface area contributed by atoms with Crippen molar-refractivity contribution in [3.8, 4) is 5.75 Å². The van der Waals surface area contributed by atoms with Crippen molar-refractivity contribution in [3.05, 3.63) is 50.6 Å². The molecule has 0 atom stereocenters. The van der Waals surface area contributed by atoms with Crippen LogP contribution in [0.4, 0.5) is 0 Å². The zero-order valence-corrected chi connectivity index (χ0v) is 10.8. The standard InChI is InChI=1S/C12H9BrO2S/c13-10-5-12(16-8-10)7-15-11-3-1-2-9(4-11)6-14/h1-6,8H,7H2. The van der Waals surface area contributed by atoms with E-state index in [1.165, 1.54) is 0 Å². The minimum Gasteiger partial charge on any atom is -0.488 e. The van der Waals surface area contributed by atoms with Crippen LogP contribution in [-0.4, -0.2) is 6.29 Å². The van der Waals surface area contributed by atoms with Gasteiger partial charge in [0.15, 0.2) is 0 Å². The molecule has 0 spiro atoms. The molecular weight excluding hydrogens is 288 g/mol. The Morgan fingerprint density at radius 3 is 2.94 bits per heavy atom. The van der Waals surface area contributed by atoms with Crippen molar-refractivity contribution in [1.29, 1.82) is 0 Å². The maximum atomic E-state index is 10.6. The minimum atomic E-state index is 0.526. The fourth-order valence-corrected chi connectivity index (χ4v) is 2.62. The first kappa shape index (κ1) is 11.4. The first-order chi connectivity index (χ1) is 7.78. The van der Waals surface area contributed by atoms with E-state index in [9.17, 15) is 4.79 Å². The molecule has 82 valence electrons. The van der Waals surface area contributed by atoms with Gasteiger partial charge in [-0.2, -0.15) is 0 Å². The monoisotopic (exact) mass is 296 g/mol. The Kier molecular flexibility index (Phi) is 3.74. The topological polar surface area (TPSA) is 26.3 Å². The number of rotatable bonds is 4. The van der Waals surface area contributed by atoms with Gasteiger partial charge in [0, 0.05) is 20.3 Å². The predicted molar refractivity (Wildman–Crippen MR) is 68.2 cm³/mol. The molecule has 0 saturated carbocycles. The van der Waals surface area contributed by atoms with Crippen molar-refractivity contribution >= 4 is 33.6 Å². The lowest BCUT2D eigenvalue weighted by Crippen LogP contribution is -1.93. The van der Waals surface area contributed by atoms with Crippen molar-refractivity contribution in [1.82, 2.24) is 0 Å². The van der Waals surface area contributed by atoms with E-state index in [0.29, 0.717) is 17.9 Å². The minimum absolute atomic E-state index is 0.526. The Hall–Kier alpha value is -1.13. The molecule has 0 fully saturated rings. The average molecular weight is 297 g/mol. The maximum absolute atomic E-state index is 10.6. The number of hydrogen-bond acceptors (Lipinski definition) is 3. The summed E-state index contributed by atoms with van der Waals surface area (Å²) < 4.78 is 6.65. The number of carbonyl (C=O) groups is 1. The Balaban J connectivity index is 2.01. The first-order valence-corrected chi connectivity index (χ1v) is 6.36. The molecule has 16 heavy (non-hydrogen) atoms. The van der Waals surface area contributed by atoms with Crippen LogP contribution < -0.4 is 4.74 Å². The SMILES string of the molecule is O=Cc1cccc(OCc2cc(Br)cs2)c1. The van der Waals surface area contributed by atoms with Crippen LogP contribution in [0.25, 0.3) is 0 Å². The summed E-state index contributed by atoms with van der Waals surface area (Å²) in [6.07, 6.45) is 0.814. The van der Waals surface area contributed by atoms with Crippen LogP contribution in [0.5, 0.6) is 5.75 Å². The molecule has 1 heterocycles. The van der Waals surface area contributed by atoms with Gasteiger partial charge in [0.05, 0.1) is 0 Å². The summed E-state index contributed by atoms with van der Waals surface area (Å²) in [6.45, 7) is 0.526. The van der Waals surface area contributed by atoms with Gasteiger partial charge in [-0.05, 0) is 34.1 Å². The van der Waals surface area contributed by atoms with Gasteiger partial charge in [0.1, 0.15) is 18.6 Å². The van der Waals surface area contributed by atoms with E-state index < -0.39 is 0 Å². The van der Waals surface area contributed by atoms with Crippen molar-refractivity contribution in [2.75, 3.05) is 0 Å².